The van der Waals surface area contributed by atoms with Crippen LogP contribution in [0.2, 0.25) is 0 Å². The Morgan fingerprint density at radius 2 is 1.80 bits per heavy atom. The first kappa shape index (κ1) is 28.7. The molecule has 0 aromatic heterocycles. The Hall–Kier alpha value is -4.26. The number of carboxylic acids is 1. The molecular weight excluding hydrogens is 553 g/mol. The van der Waals surface area contributed by atoms with E-state index in [4.69, 9.17) is 14.6 Å². The number of ether oxygens (including phenoxy) is 2. The van der Waals surface area contributed by atoms with Crippen molar-refractivity contribution in [2.24, 2.45) is 0 Å². The second kappa shape index (κ2) is 11.5. The second-order valence-electron chi connectivity index (χ2n) is 8.93. The summed E-state index contributed by atoms with van der Waals surface area (Å²) in [6.45, 7) is -0.865. The number of aliphatic carboxylic acids is 1. The fourth-order valence-electron chi connectivity index (χ4n) is 4.19. The molecule has 3 aromatic rings. The summed E-state index contributed by atoms with van der Waals surface area (Å²) >= 11 is 0. The topological polar surface area (TPSA) is 122 Å². The van der Waals surface area contributed by atoms with Gasteiger partial charge in [-0.05, 0) is 60.0 Å². The van der Waals surface area contributed by atoms with Crippen molar-refractivity contribution in [3.05, 3.63) is 72.3 Å². The number of rotatable bonds is 9. The highest BCUT2D eigenvalue weighted by atomic mass is 32.2. The van der Waals surface area contributed by atoms with Crippen LogP contribution in [0.5, 0.6) is 11.5 Å². The van der Waals surface area contributed by atoms with Crippen molar-refractivity contribution in [3.8, 4) is 22.6 Å². The van der Waals surface area contributed by atoms with Gasteiger partial charge in [0.05, 0.1) is 29.8 Å². The van der Waals surface area contributed by atoms with Gasteiger partial charge < -0.3 is 19.9 Å². The molecule has 0 bridgehead atoms. The summed E-state index contributed by atoms with van der Waals surface area (Å²) in [5.41, 5.74) is 0.316. The molecule has 0 saturated carbocycles. The van der Waals surface area contributed by atoms with Crippen LogP contribution in [-0.2, 0) is 25.8 Å². The van der Waals surface area contributed by atoms with Crippen LogP contribution in [0.15, 0.2) is 71.6 Å². The number of carbonyl (C=O) groups excluding carboxylic acids is 1. The summed E-state index contributed by atoms with van der Waals surface area (Å²) in [6, 6.07) is 15.3. The van der Waals surface area contributed by atoms with Crippen molar-refractivity contribution in [2.45, 2.75) is 30.0 Å². The Labute approximate surface area is 228 Å². The zero-order valence-electron chi connectivity index (χ0n) is 21.1. The fraction of sp³-hybridized carbons (Fsp3) is 0.259. The van der Waals surface area contributed by atoms with Crippen LogP contribution < -0.4 is 19.1 Å². The van der Waals surface area contributed by atoms with E-state index in [1.54, 1.807) is 42.5 Å². The zero-order chi connectivity index (χ0) is 29.1. The van der Waals surface area contributed by atoms with E-state index in [9.17, 15) is 31.2 Å². The van der Waals surface area contributed by atoms with Gasteiger partial charge in [0.25, 0.3) is 10.0 Å². The minimum Gasteiger partial charge on any atom is -0.497 e. The summed E-state index contributed by atoms with van der Waals surface area (Å²) in [7, 11) is -3.01. The molecule has 1 aliphatic rings. The van der Waals surface area contributed by atoms with Crippen LogP contribution in [0.4, 0.5) is 18.9 Å². The first-order chi connectivity index (χ1) is 18.9. The molecule has 212 valence electrons. The molecule has 0 fully saturated rings. The minimum absolute atomic E-state index is 0.0249. The molecule has 0 unspecified atom stereocenters. The molecule has 1 aliphatic heterocycles. The number of alkyl halides is 3. The van der Waals surface area contributed by atoms with E-state index in [2.05, 4.69) is 5.32 Å². The van der Waals surface area contributed by atoms with Gasteiger partial charge in [0, 0.05) is 6.42 Å². The number of methoxy groups -OCH3 is 1. The molecule has 13 heteroatoms. The first-order valence-corrected chi connectivity index (χ1v) is 13.5. The average molecular weight is 579 g/mol. The molecule has 2 N–H and O–H groups in total. The number of carboxylic acid groups (broad SMARTS) is 1. The Bertz CT molecular complexity index is 1530. The normalized spacial score (nSPS) is 15.1. The zero-order valence-corrected chi connectivity index (χ0v) is 22.0. The largest absolute Gasteiger partial charge is 0.497 e. The molecule has 40 heavy (non-hydrogen) atoms. The monoisotopic (exact) mass is 578 g/mol. The molecule has 0 saturated heterocycles. The highest BCUT2D eigenvalue weighted by Gasteiger charge is 2.37. The van der Waals surface area contributed by atoms with Crippen molar-refractivity contribution in [2.75, 3.05) is 24.5 Å². The van der Waals surface area contributed by atoms with E-state index >= 15 is 0 Å². The molecule has 0 radical (unpaired) electrons. The van der Waals surface area contributed by atoms with Gasteiger partial charge in [0.1, 0.15) is 24.1 Å². The predicted molar refractivity (Wildman–Crippen MR) is 139 cm³/mol. The molecule has 1 atom stereocenters. The minimum atomic E-state index is -4.75. The summed E-state index contributed by atoms with van der Waals surface area (Å²) in [6.07, 6.45) is -5.73. The number of sulfonamides is 1. The third kappa shape index (κ3) is 6.47. The summed E-state index contributed by atoms with van der Waals surface area (Å²) in [5, 5.41) is 11.0. The number of benzene rings is 3. The highest BCUT2D eigenvalue weighted by molar-refractivity contribution is 7.92. The number of hydrogen-bond donors (Lipinski definition) is 2. The quantitative estimate of drug-likeness (QED) is 0.388. The van der Waals surface area contributed by atoms with Crippen molar-refractivity contribution in [3.63, 3.8) is 0 Å². The number of carbonyl (C=O) groups is 2. The van der Waals surface area contributed by atoms with Gasteiger partial charge in [0.15, 0.2) is 0 Å². The maximum Gasteiger partial charge on any atom is 0.416 e. The van der Waals surface area contributed by atoms with Crippen LogP contribution in [0.1, 0.15) is 18.4 Å². The number of nitrogens with one attached hydrogen (secondary N) is 1. The van der Waals surface area contributed by atoms with Gasteiger partial charge >= 0.3 is 12.1 Å². The molecular formula is C27H25F3N2O7S. The molecule has 0 spiro atoms. The Balaban J connectivity index is 1.72. The predicted octanol–water partition coefficient (Wildman–Crippen LogP) is 4.32. The van der Waals surface area contributed by atoms with E-state index in [0.29, 0.717) is 22.9 Å². The SMILES string of the molecule is COc1cccc(-c2ccc3c(c2)N(S(=O)(=O)c2cccc(C(F)(F)F)c2)C[C@H](CCC(=O)NCC(=O)O)O3)c1. The lowest BCUT2D eigenvalue weighted by Crippen LogP contribution is -2.44. The number of anilines is 1. The number of nitrogens with zero attached hydrogens (tertiary/aromatic N) is 1. The lowest BCUT2D eigenvalue weighted by molar-refractivity contribution is -0.138. The van der Waals surface area contributed by atoms with Gasteiger partial charge in [-0.2, -0.15) is 13.2 Å². The molecule has 3 aromatic carbocycles. The third-order valence-corrected chi connectivity index (χ3v) is 7.95. The van der Waals surface area contributed by atoms with E-state index in [1.807, 2.05) is 0 Å². The molecule has 1 heterocycles. The smallest absolute Gasteiger partial charge is 0.416 e. The van der Waals surface area contributed by atoms with Crippen molar-refractivity contribution in [1.82, 2.24) is 5.32 Å². The van der Waals surface area contributed by atoms with Gasteiger partial charge in [-0.1, -0.05) is 24.3 Å². The Morgan fingerprint density at radius 3 is 2.50 bits per heavy atom. The van der Waals surface area contributed by atoms with E-state index in [0.717, 1.165) is 22.5 Å². The van der Waals surface area contributed by atoms with Crippen LogP contribution >= 0.6 is 0 Å². The van der Waals surface area contributed by atoms with Crippen LogP contribution in [0.3, 0.4) is 0 Å². The number of fused-ring (bicyclic) bond motifs is 1. The van der Waals surface area contributed by atoms with Crippen molar-refractivity contribution in [1.29, 1.82) is 0 Å². The second-order valence-corrected chi connectivity index (χ2v) is 10.8. The fourth-order valence-corrected chi connectivity index (χ4v) is 5.73. The number of hydrogen-bond acceptors (Lipinski definition) is 6. The maximum atomic E-state index is 13.8. The van der Waals surface area contributed by atoms with Crippen molar-refractivity contribution >= 4 is 27.6 Å². The number of amides is 1. The van der Waals surface area contributed by atoms with Gasteiger partial charge in [0.2, 0.25) is 5.91 Å². The molecule has 0 aliphatic carbocycles. The van der Waals surface area contributed by atoms with E-state index in [1.165, 1.54) is 7.11 Å². The highest BCUT2D eigenvalue weighted by Crippen LogP contribution is 2.41. The summed E-state index contributed by atoms with van der Waals surface area (Å²) in [4.78, 5) is 22.2. The lowest BCUT2D eigenvalue weighted by atomic mass is 10.0. The van der Waals surface area contributed by atoms with E-state index < -0.39 is 51.2 Å². The summed E-state index contributed by atoms with van der Waals surface area (Å²) < 4.78 is 79.9. The third-order valence-electron chi connectivity index (χ3n) is 6.17. The lowest BCUT2D eigenvalue weighted by Gasteiger charge is -2.36. The van der Waals surface area contributed by atoms with Gasteiger partial charge in [-0.15, -0.1) is 0 Å². The van der Waals surface area contributed by atoms with Crippen molar-refractivity contribution < 1.29 is 45.8 Å². The number of halogens is 3. The average Bonchev–Trinajstić information content (AvgIpc) is 2.93. The summed E-state index contributed by atoms with van der Waals surface area (Å²) in [5.74, 6) is -1.07. The van der Waals surface area contributed by atoms with Crippen LogP contribution in [0.25, 0.3) is 11.1 Å². The van der Waals surface area contributed by atoms with Gasteiger partial charge in [-0.3, -0.25) is 13.9 Å². The standard InChI is InChI=1S/C27H25F3N2O7S/c1-38-20-6-2-4-17(12-20)18-8-10-24-23(13-18)32(16-21(39-24)9-11-25(33)31-15-26(34)35)40(36,37)22-7-3-5-19(14-22)27(28,29)30/h2-8,10,12-14,21H,9,11,15-16H2,1H3,(H,31,33)(H,34,35)/t21-/m0/s1. The molecule has 1 amide bonds. The Kier molecular flexibility index (Phi) is 8.24. The van der Waals surface area contributed by atoms with E-state index in [-0.39, 0.29) is 30.8 Å². The maximum absolute atomic E-state index is 13.8. The first-order valence-electron chi connectivity index (χ1n) is 12.0. The van der Waals surface area contributed by atoms with Crippen LogP contribution in [-0.4, -0.2) is 51.7 Å². The Morgan fingerprint density at radius 1 is 1.07 bits per heavy atom. The molecule has 4 rings (SSSR count). The van der Waals surface area contributed by atoms with Crippen LogP contribution in [0, 0.1) is 0 Å². The molecule has 9 nitrogen and oxygen atoms in total. The van der Waals surface area contributed by atoms with Gasteiger partial charge in [-0.25, -0.2) is 8.42 Å².